The van der Waals surface area contributed by atoms with Gasteiger partial charge in [0, 0.05) is 19.6 Å². The van der Waals surface area contributed by atoms with Crippen molar-refractivity contribution in [3.05, 3.63) is 35.4 Å². The Kier molecular flexibility index (Phi) is 2.92. The van der Waals surface area contributed by atoms with Crippen LogP contribution in [0.2, 0.25) is 0 Å². The number of rotatable bonds is 3. The minimum Gasteiger partial charge on any atom is -0.481 e. The molecule has 0 radical (unpaired) electrons. The average molecular weight is 322 g/mol. The Balaban J connectivity index is 1.62. The lowest BCUT2D eigenvalue weighted by Gasteiger charge is -2.29. The third-order valence-corrected chi connectivity index (χ3v) is 7.26. The zero-order valence-corrected chi connectivity index (χ0v) is 12.9. The summed E-state index contributed by atoms with van der Waals surface area (Å²) in [5.41, 5.74) is 1.40. The van der Waals surface area contributed by atoms with Gasteiger partial charge in [-0.15, -0.1) is 0 Å². The number of aliphatic carboxylic acids is 1. The molecule has 22 heavy (non-hydrogen) atoms. The Morgan fingerprint density at radius 3 is 2.27 bits per heavy atom. The summed E-state index contributed by atoms with van der Waals surface area (Å²) in [4.78, 5) is 11.4. The summed E-state index contributed by atoms with van der Waals surface area (Å²) in [7, 11) is -3.61. The molecule has 1 aromatic rings. The van der Waals surface area contributed by atoms with Crippen LogP contribution < -0.4 is 0 Å². The van der Waals surface area contributed by atoms with Gasteiger partial charge in [-0.3, -0.25) is 4.79 Å². The lowest BCUT2D eigenvalue weighted by atomic mass is 9.99. The maximum Gasteiger partial charge on any atom is 0.308 e. The number of carboxylic acid groups (broad SMARTS) is 1. The van der Waals surface area contributed by atoms with E-state index in [1.54, 1.807) is 0 Å². The van der Waals surface area contributed by atoms with Gasteiger partial charge in [-0.2, -0.15) is 17.0 Å². The number of benzene rings is 1. The lowest BCUT2D eigenvalue weighted by Crippen LogP contribution is -2.47. The van der Waals surface area contributed by atoms with Gasteiger partial charge >= 0.3 is 5.97 Å². The van der Waals surface area contributed by atoms with E-state index in [4.69, 9.17) is 0 Å². The first-order valence-corrected chi connectivity index (χ1v) is 8.92. The molecule has 2 fully saturated rings. The summed E-state index contributed by atoms with van der Waals surface area (Å²) >= 11 is 0. The van der Waals surface area contributed by atoms with E-state index in [0.717, 1.165) is 11.1 Å². The molecule has 7 heteroatoms. The second-order valence-corrected chi connectivity index (χ2v) is 8.25. The van der Waals surface area contributed by atoms with Gasteiger partial charge < -0.3 is 5.11 Å². The van der Waals surface area contributed by atoms with Gasteiger partial charge in [-0.25, -0.2) is 0 Å². The standard InChI is InChI=1S/C15H18N2O4S/c18-14(19)13-5-8-17(15(13)6-7-15)22(20,21)16-9-11-3-1-2-4-12(11)10-16/h1-4,13H,5-10H2,(H,18,19). The normalized spacial score (nSPS) is 27.2. The zero-order chi connectivity index (χ0) is 15.5. The molecule has 118 valence electrons. The van der Waals surface area contributed by atoms with Crippen LogP contribution in [0.5, 0.6) is 0 Å². The SMILES string of the molecule is O=C(O)C1CCN(S(=O)(=O)N2Cc3ccccc3C2)C12CC2. The molecule has 1 saturated heterocycles. The Labute approximate surface area is 129 Å². The Morgan fingerprint density at radius 1 is 1.18 bits per heavy atom. The lowest BCUT2D eigenvalue weighted by molar-refractivity contribution is -0.142. The summed E-state index contributed by atoms with van der Waals surface area (Å²) in [5.74, 6) is -1.44. The highest BCUT2D eigenvalue weighted by Gasteiger charge is 2.64. The molecule has 1 aliphatic carbocycles. The molecule has 0 amide bonds. The maximum absolute atomic E-state index is 13.0. The molecule has 2 heterocycles. The van der Waals surface area contributed by atoms with Crippen LogP contribution in [0.1, 0.15) is 30.4 Å². The highest BCUT2D eigenvalue weighted by molar-refractivity contribution is 7.86. The van der Waals surface area contributed by atoms with E-state index in [-0.39, 0.29) is 0 Å². The van der Waals surface area contributed by atoms with Crippen molar-refractivity contribution in [3.8, 4) is 0 Å². The van der Waals surface area contributed by atoms with E-state index >= 15 is 0 Å². The minimum absolute atomic E-state index is 0.312. The van der Waals surface area contributed by atoms with E-state index in [1.807, 2.05) is 24.3 Å². The first-order chi connectivity index (χ1) is 10.4. The number of fused-ring (bicyclic) bond motifs is 1. The van der Waals surface area contributed by atoms with Crippen molar-refractivity contribution < 1.29 is 18.3 Å². The topological polar surface area (TPSA) is 77.9 Å². The molecule has 1 atom stereocenters. The maximum atomic E-state index is 13.0. The van der Waals surface area contributed by atoms with Crippen molar-refractivity contribution in [1.29, 1.82) is 0 Å². The molecule has 1 saturated carbocycles. The van der Waals surface area contributed by atoms with Crippen molar-refractivity contribution in [2.75, 3.05) is 6.54 Å². The second-order valence-electron chi connectivity index (χ2n) is 6.40. The first kappa shape index (κ1) is 14.2. The van der Waals surface area contributed by atoms with Gasteiger partial charge in [0.1, 0.15) is 0 Å². The molecule has 1 unspecified atom stereocenters. The van der Waals surface area contributed by atoms with E-state index < -0.39 is 27.6 Å². The predicted octanol–water partition coefficient (Wildman–Crippen LogP) is 1.19. The molecule has 6 nitrogen and oxygen atoms in total. The molecular weight excluding hydrogens is 304 g/mol. The Bertz CT molecular complexity index is 717. The fourth-order valence-electron chi connectivity index (χ4n) is 3.94. The van der Waals surface area contributed by atoms with Crippen LogP contribution in [0.4, 0.5) is 0 Å². The number of hydrogen-bond donors (Lipinski definition) is 1. The zero-order valence-electron chi connectivity index (χ0n) is 12.1. The van der Waals surface area contributed by atoms with Crippen molar-refractivity contribution in [3.63, 3.8) is 0 Å². The fraction of sp³-hybridized carbons (Fsp3) is 0.533. The van der Waals surface area contributed by atoms with Crippen molar-refractivity contribution in [2.24, 2.45) is 5.92 Å². The summed E-state index contributed by atoms with van der Waals surface area (Å²) in [6.45, 7) is 1.07. The van der Waals surface area contributed by atoms with Crippen molar-refractivity contribution in [1.82, 2.24) is 8.61 Å². The molecule has 0 bridgehead atoms. The molecule has 2 aliphatic heterocycles. The van der Waals surface area contributed by atoms with Gasteiger partial charge in [0.2, 0.25) is 0 Å². The van der Waals surface area contributed by atoms with Crippen LogP contribution in [0.15, 0.2) is 24.3 Å². The third kappa shape index (κ3) is 1.85. The quantitative estimate of drug-likeness (QED) is 0.906. The van der Waals surface area contributed by atoms with Gasteiger partial charge in [-0.05, 0) is 30.4 Å². The summed E-state index contributed by atoms with van der Waals surface area (Å²) < 4.78 is 28.9. The van der Waals surface area contributed by atoms with Crippen LogP contribution in [0.3, 0.4) is 0 Å². The predicted molar refractivity (Wildman–Crippen MR) is 79.0 cm³/mol. The van der Waals surface area contributed by atoms with E-state index in [1.165, 1.54) is 8.61 Å². The molecule has 3 aliphatic rings. The van der Waals surface area contributed by atoms with Crippen molar-refractivity contribution in [2.45, 2.75) is 37.9 Å². The number of carbonyl (C=O) groups is 1. The Morgan fingerprint density at radius 2 is 1.77 bits per heavy atom. The second kappa shape index (κ2) is 4.53. The molecule has 4 rings (SSSR count). The van der Waals surface area contributed by atoms with Gasteiger partial charge in [-0.1, -0.05) is 24.3 Å². The van der Waals surface area contributed by atoms with Crippen LogP contribution in [-0.4, -0.2) is 40.2 Å². The van der Waals surface area contributed by atoms with Gasteiger partial charge in [0.15, 0.2) is 0 Å². The molecule has 1 spiro atoms. The smallest absolute Gasteiger partial charge is 0.308 e. The molecule has 1 aromatic carbocycles. The van der Waals surface area contributed by atoms with Gasteiger partial charge in [0.05, 0.1) is 11.5 Å². The monoisotopic (exact) mass is 322 g/mol. The van der Waals surface area contributed by atoms with E-state index in [2.05, 4.69) is 0 Å². The first-order valence-electron chi connectivity index (χ1n) is 7.53. The average Bonchev–Trinajstić information content (AvgIpc) is 2.97. The summed E-state index contributed by atoms with van der Waals surface area (Å²) in [5, 5.41) is 9.34. The number of hydrogen-bond acceptors (Lipinski definition) is 3. The summed E-state index contributed by atoms with van der Waals surface area (Å²) in [6.07, 6.45) is 1.73. The van der Waals surface area contributed by atoms with Crippen LogP contribution in [0, 0.1) is 5.92 Å². The number of nitrogens with zero attached hydrogens (tertiary/aromatic N) is 2. The highest BCUT2D eigenvalue weighted by Crippen LogP contribution is 2.55. The largest absolute Gasteiger partial charge is 0.481 e. The van der Waals surface area contributed by atoms with Crippen LogP contribution in [0.25, 0.3) is 0 Å². The fourth-order valence-corrected chi connectivity index (χ4v) is 5.93. The third-order valence-electron chi connectivity index (χ3n) is 5.24. The minimum atomic E-state index is -3.61. The van der Waals surface area contributed by atoms with Crippen LogP contribution >= 0.6 is 0 Å². The number of carboxylic acids is 1. The van der Waals surface area contributed by atoms with Crippen molar-refractivity contribution >= 4 is 16.2 Å². The highest BCUT2D eigenvalue weighted by atomic mass is 32.2. The van der Waals surface area contributed by atoms with Crippen LogP contribution in [-0.2, 0) is 28.1 Å². The summed E-state index contributed by atoms with van der Waals surface area (Å²) in [6, 6.07) is 7.71. The molecule has 1 N–H and O–H groups in total. The molecular formula is C15H18N2O4S. The molecule has 0 aromatic heterocycles. The van der Waals surface area contributed by atoms with E-state index in [9.17, 15) is 18.3 Å². The van der Waals surface area contributed by atoms with Gasteiger partial charge in [0.25, 0.3) is 10.2 Å². The Hall–Kier alpha value is -1.44. The van der Waals surface area contributed by atoms with E-state index in [0.29, 0.717) is 38.9 Å².